The molecule has 0 bridgehead atoms. The SMILES string of the molecule is COCCN(C(=O)CSc1nnc(Cc2cccs2)n1C1CCCCC1)c1c(N)n(Cc2ccccc2)c(=O)[nH]c1=O. The van der Waals surface area contributed by atoms with Crippen LogP contribution in [0, 0.1) is 0 Å². The molecule has 0 unspecified atom stereocenters. The molecule has 3 N–H and O–H groups in total. The first-order valence-corrected chi connectivity index (χ1v) is 15.9. The quantitative estimate of drug-likeness (QED) is 0.232. The number of benzene rings is 1. The number of nitrogen functional groups attached to an aromatic ring is 1. The molecule has 1 saturated carbocycles. The van der Waals surface area contributed by atoms with Crippen molar-refractivity contribution >= 4 is 40.5 Å². The van der Waals surface area contributed by atoms with Crippen molar-refractivity contribution in [1.29, 1.82) is 0 Å². The van der Waals surface area contributed by atoms with Gasteiger partial charge >= 0.3 is 5.69 Å². The van der Waals surface area contributed by atoms with Gasteiger partial charge < -0.3 is 19.9 Å². The molecule has 0 spiro atoms. The maximum atomic E-state index is 13.7. The summed E-state index contributed by atoms with van der Waals surface area (Å²) in [6.45, 7) is 0.413. The van der Waals surface area contributed by atoms with Crippen molar-refractivity contribution in [2.24, 2.45) is 0 Å². The zero-order valence-corrected chi connectivity index (χ0v) is 25.2. The van der Waals surface area contributed by atoms with Crippen LogP contribution in [0.3, 0.4) is 0 Å². The molecule has 4 aromatic rings. The highest BCUT2D eigenvalue weighted by Crippen LogP contribution is 2.34. The molecule has 13 heteroatoms. The van der Waals surface area contributed by atoms with Crippen molar-refractivity contribution in [3.8, 4) is 0 Å². The summed E-state index contributed by atoms with van der Waals surface area (Å²) >= 11 is 2.99. The van der Waals surface area contributed by atoms with E-state index in [2.05, 4.69) is 31.2 Å². The lowest BCUT2D eigenvalue weighted by Gasteiger charge is -2.26. The summed E-state index contributed by atoms with van der Waals surface area (Å²) in [5.74, 6) is 0.469. The minimum absolute atomic E-state index is 0.00423. The van der Waals surface area contributed by atoms with Crippen molar-refractivity contribution < 1.29 is 9.53 Å². The van der Waals surface area contributed by atoms with E-state index in [0.29, 0.717) is 11.6 Å². The number of H-pyrrole nitrogens is 1. The number of hydrogen-bond donors (Lipinski definition) is 2. The molecule has 1 amide bonds. The van der Waals surface area contributed by atoms with Gasteiger partial charge in [0.25, 0.3) is 5.56 Å². The van der Waals surface area contributed by atoms with Crippen LogP contribution in [-0.4, -0.2) is 56.2 Å². The van der Waals surface area contributed by atoms with Crippen LogP contribution in [0.2, 0.25) is 0 Å². The summed E-state index contributed by atoms with van der Waals surface area (Å²) in [7, 11) is 1.52. The van der Waals surface area contributed by atoms with E-state index in [1.165, 1.54) is 39.6 Å². The molecule has 0 saturated heterocycles. The third-order valence-corrected chi connectivity index (χ3v) is 9.20. The lowest BCUT2D eigenvalue weighted by Crippen LogP contribution is -2.43. The number of rotatable bonds is 12. The number of thiophene rings is 1. The maximum absolute atomic E-state index is 13.7. The highest BCUT2D eigenvalue weighted by Gasteiger charge is 2.27. The van der Waals surface area contributed by atoms with Crippen LogP contribution in [0.1, 0.15) is 54.4 Å². The number of aromatic nitrogens is 5. The summed E-state index contributed by atoms with van der Waals surface area (Å²) < 4.78 is 8.71. The first kappa shape index (κ1) is 29.8. The number of nitrogens with zero attached hydrogens (tertiary/aromatic N) is 5. The molecule has 5 rings (SSSR count). The van der Waals surface area contributed by atoms with Crippen molar-refractivity contribution in [2.75, 3.05) is 36.6 Å². The smallest absolute Gasteiger partial charge is 0.330 e. The number of nitrogens with two attached hydrogens (primary N) is 1. The van der Waals surface area contributed by atoms with E-state index in [9.17, 15) is 14.4 Å². The van der Waals surface area contributed by atoms with Crippen molar-refractivity contribution in [2.45, 2.75) is 56.3 Å². The summed E-state index contributed by atoms with van der Waals surface area (Å²) in [5, 5.41) is 11.8. The molecule has 0 aliphatic heterocycles. The van der Waals surface area contributed by atoms with E-state index in [4.69, 9.17) is 10.5 Å². The second-order valence-electron chi connectivity index (χ2n) is 10.2. The van der Waals surface area contributed by atoms with Gasteiger partial charge in [0, 0.05) is 31.0 Å². The first-order chi connectivity index (χ1) is 20.5. The van der Waals surface area contributed by atoms with Gasteiger partial charge in [0.05, 0.1) is 18.9 Å². The zero-order chi connectivity index (χ0) is 29.5. The monoisotopic (exact) mass is 609 g/mol. The number of carbonyl (C=O) groups excluding carboxylic acids is 1. The minimum atomic E-state index is -0.722. The van der Waals surface area contributed by atoms with Crippen molar-refractivity contribution in [3.05, 3.63) is 84.9 Å². The largest absolute Gasteiger partial charge is 0.383 e. The van der Waals surface area contributed by atoms with Crippen LogP contribution in [0.4, 0.5) is 11.5 Å². The van der Waals surface area contributed by atoms with Gasteiger partial charge in [-0.2, -0.15) is 0 Å². The summed E-state index contributed by atoms with van der Waals surface area (Å²) in [4.78, 5) is 44.3. The molecule has 222 valence electrons. The van der Waals surface area contributed by atoms with Crippen LogP contribution in [0.5, 0.6) is 0 Å². The number of nitrogens with one attached hydrogen (secondary N) is 1. The average molecular weight is 610 g/mol. The Balaban J connectivity index is 1.41. The Labute approximate surface area is 251 Å². The number of thioether (sulfide) groups is 1. The summed E-state index contributed by atoms with van der Waals surface area (Å²) in [6, 6.07) is 13.7. The zero-order valence-electron chi connectivity index (χ0n) is 23.5. The first-order valence-electron chi connectivity index (χ1n) is 14.0. The second kappa shape index (κ2) is 14.0. The lowest BCUT2D eigenvalue weighted by molar-refractivity contribution is -0.116. The minimum Gasteiger partial charge on any atom is -0.383 e. The predicted octanol–water partition coefficient (Wildman–Crippen LogP) is 3.69. The fourth-order valence-electron chi connectivity index (χ4n) is 5.31. The Hall–Kier alpha value is -3.68. The molecule has 0 radical (unpaired) electrons. The highest BCUT2D eigenvalue weighted by molar-refractivity contribution is 7.99. The molecule has 1 aromatic carbocycles. The van der Waals surface area contributed by atoms with Crippen molar-refractivity contribution in [3.63, 3.8) is 0 Å². The number of ether oxygens (including phenoxy) is 1. The van der Waals surface area contributed by atoms with Gasteiger partial charge in [-0.3, -0.25) is 19.1 Å². The summed E-state index contributed by atoms with van der Waals surface area (Å²) in [6.07, 6.45) is 6.30. The fraction of sp³-hybridized carbons (Fsp3) is 0.414. The molecule has 3 aromatic heterocycles. The molecular formula is C29H35N7O4S2. The van der Waals surface area contributed by atoms with E-state index in [-0.39, 0.29) is 48.9 Å². The normalized spacial score (nSPS) is 13.8. The van der Waals surface area contributed by atoms with Gasteiger partial charge in [0.2, 0.25) is 5.91 Å². The van der Waals surface area contributed by atoms with Crippen LogP contribution in [0.15, 0.2) is 62.6 Å². The van der Waals surface area contributed by atoms with Crippen molar-refractivity contribution in [1.82, 2.24) is 24.3 Å². The van der Waals surface area contributed by atoms with Gasteiger partial charge in [-0.05, 0) is 29.9 Å². The Kier molecular flexibility index (Phi) is 9.93. The van der Waals surface area contributed by atoms with E-state index in [1.807, 2.05) is 36.4 Å². The highest BCUT2D eigenvalue weighted by atomic mass is 32.2. The molecule has 11 nitrogen and oxygen atoms in total. The number of anilines is 2. The standard InChI is InChI=1S/C29H35N7O4S2/c1-40-15-14-34(25-26(30)35(28(39)31-27(25)38)18-20-9-4-2-5-10-20)24(37)19-42-29-33-32-23(17-22-13-8-16-41-22)36(29)21-11-6-3-7-12-21/h2,4-5,8-10,13,16,21H,3,6-7,11-12,14-15,17-19,30H2,1H3,(H,31,38,39). The number of amides is 1. The number of hydrogen-bond acceptors (Lipinski definition) is 9. The Bertz CT molecular complexity index is 1590. The van der Waals surface area contributed by atoms with Gasteiger partial charge in [0.1, 0.15) is 11.6 Å². The lowest BCUT2D eigenvalue weighted by atomic mass is 9.95. The van der Waals surface area contributed by atoms with E-state index in [0.717, 1.165) is 37.1 Å². The third kappa shape index (κ3) is 6.85. The Morgan fingerprint density at radius 2 is 1.93 bits per heavy atom. The Morgan fingerprint density at radius 3 is 2.64 bits per heavy atom. The van der Waals surface area contributed by atoms with Gasteiger partial charge in [-0.15, -0.1) is 21.5 Å². The number of aromatic amines is 1. The van der Waals surface area contributed by atoms with Crippen LogP contribution in [-0.2, 0) is 22.5 Å². The molecule has 42 heavy (non-hydrogen) atoms. The molecular weight excluding hydrogens is 574 g/mol. The van der Waals surface area contributed by atoms with Gasteiger partial charge in [0.15, 0.2) is 10.8 Å². The molecule has 1 fully saturated rings. The summed E-state index contributed by atoms with van der Waals surface area (Å²) in [5.41, 5.74) is 5.81. The van der Waals surface area contributed by atoms with E-state index >= 15 is 0 Å². The predicted molar refractivity (Wildman–Crippen MR) is 166 cm³/mol. The van der Waals surface area contributed by atoms with Gasteiger partial charge in [-0.1, -0.05) is 67.4 Å². The van der Waals surface area contributed by atoms with Crippen LogP contribution >= 0.6 is 23.1 Å². The average Bonchev–Trinajstić information content (AvgIpc) is 3.66. The molecule has 0 atom stereocenters. The van der Waals surface area contributed by atoms with Gasteiger partial charge in [-0.25, -0.2) is 4.79 Å². The number of methoxy groups -OCH3 is 1. The third-order valence-electron chi connectivity index (χ3n) is 7.40. The van der Waals surface area contributed by atoms with Crippen LogP contribution in [0.25, 0.3) is 0 Å². The Morgan fingerprint density at radius 1 is 1.14 bits per heavy atom. The second-order valence-corrected chi connectivity index (χ2v) is 12.2. The van der Waals surface area contributed by atoms with E-state index in [1.54, 1.807) is 11.3 Å². The topological polar surface area (TPSA) is 141 Å². The molecule has 1 aliphatic carbocycles. The number of carbonyl (C=O) groups is 1. The fourth-order valence-corrected chi connectivity index (χ4v) is 6.91. The van der Waals surface area contributed by atoms with Crippen LogP contribution < -0.4 is 21.9 Å². The molecule has 1 aliphatic rings. The van der Waals surface area contributed by atoms with E-state index < -0.39 is 11.2 Å². The maximum Gasteiger partial charge on any atom is 0.330 e. The molecule has 3 heterocycles.